The van der Waals surface area contributed by atoms with E-state index in [2.05, 4.69) is 0 Å². The lowest BCUT2D eigenvalue weighted by molar-refractivity contribution is -0.139. The molecular formula is C30H27FO6S. The summed E-state index contributed by atoms with van der Waals surface area (Å²) in [5.41, 5.74) is 4.37. The molecule has 0 aliphatic heterocycles. The Bertz CT molecular complexity index is 1520. The van der Waals surface area contributed by atoms with Crippen molar-refractivity contribution < 1.29 is 32.2 Å². The molecule has 0 bridgehead atoms. The lowest BCUT2D eigenvalue weighted by Gasteiger charge is -2.16. The average molecular weight is 535 g/mol. The summed E-state index contributed by atoms with van der Waals surface area (Å²) < 4.78 is 52.0. The van der Waals surface area contributed by atoms with Crippen LogP contribution in [0.5, 0.6) is 11.5 Å². The molecule has 0 saturated heterocycles. The SMILES string of the molecule is Cc1cc(OCC(=O)O)cc(C)c1Cc1ccc(OCc2ccccc2)c(S(=O)(=O)c2ccc(F)cc2)c1. The van der Waals surface area contributed by atoms with Gasteiger partial charge in [0.05, 0.1) is 4.90 Å². The van der Waals surface area contributed by atoms with E-state index in [1.54, 1.807) is 24.3 Å². The van der Waals surface area contributed by atoms with Crippen LogP contribution in [-0.2, 0) is 27.7 Å². The highest BCUT2D eigenvalue weighted by atomic mass is 32.2. The van der Waals surface area contributed by atoms with Crippen LogP contribution in [-0.4, -0.2) is 26.1 Å². The van der Waals surface area contributed by atoms with Gasteiger partial charge in [0.1, 0.15) is 28.8 Å². The van der Waals surface area contributed by atoms with Gasteiger partial charge in [-0.2, -0.15) is 0 Å². The minimum absolute atomic E-state index is 0.00532. The van der Waals surface area contributed by atoms with Gasteiger partial charge >= 0.3 is 5.97 Å². The van der Waals surface area contributed by atoms with Crippen molar-refractivity contribution in [2.75, 3.05) is 6.61 Å². The zero-order valence-electron chi connectivity index (χ0n) is 21.0. The highest BCUT2D eigenvalue weighted by molar-refractivity contribution is 7.91. The maximum absolute atomic E-state index is 13.6. The Kier molecular flexibility index (Phi) is 8.12. The van der Waals surface area contributed by atoms with Crippen molar-refractivity contribution in [3.8, 4) is 11.5 Å². The number of benzene rings is 4. The molecule has 0 aromatic heterocycles. The molecular weight excluding hydrogens is 507 g/mol. The van der Waals surface area contributed by atoms with Gasteiger partial charge in [-0.15, -0.1) is 0 Å². The van der Waals surface area contributed by atoms with E-state index in [9.17, 15) is 17.6 Å². The van der Waals surface area contributed by atoms with E-state index in [4.69, 9.17) is 14.6 Å². The van der Waals surface area contributed by atoms with Crippen molar-refractivity contribution in [1.29, 1.82) is 0 Å². The van der Waals surface area contributed by atoms with Crippen LogP contribution in [0.3, 0.4) is 0 Å². The van der Waals surface area contributed by atoms with E-state index < -0.39 is 28.2 Å². The smallest absolute Gasteiger partial charge is 0.341 e. The number of aliphatic carboxylic acids is 1. The van der Waals surface area contributed by atoms with Gasteiger partial charge in [0.15, 0.2) is 6.61 Å². The highest BCUT2D eigenvalue weighted by Gasteiger charge is 2.24. The Morgan fingerprint density at radius 2 is 1.50 bits per heavy atom. The van der Waals surface area contributed by atoms with E-state index in [1.807, 2.05) is 50.2 Å². The number of hydrogen-bond acceptors (Lipinski definition) is 5. The Morgan fingerprint density at radius 3 is 2.13 bits per heavy atom. The van der Waals surface area contributed by atoms with Crippen LogP contribution in [0.15, 0.2) is 94.7 Å². The predicted molar refractivity (Wildman–Crippen MR) is 141 cm³/mol. The van der Waals surface area contributed by atoms with Gasteiger partial charge in [0.2, 0.25) is 9.84 Å². The molecule has 0 aliphatic rings. The van der Waals surface area contributed by atoms with Crippen LogP contribution in [0.1, 0.15) is 27.8 Å². The first kappa shape index (κ1) is 26.9. The number of halogens is 1. The topological polar surface area (TPSA) is 89.9 Å². The number of carboxylic acid groups (broad SMARTS) is 1. The molecule has 38 heavy (non-hydrogen) atoms. The second-order valence-electron chi connectivity index (χ2n) is 8.91. The van der Waals surface area contributed by atoms with E-state index >= 15 is 0 Å². The molecule has 0 spiro atoms. The Balaban J connectivity index is 1.70. The van der Waals surface area contributed by atoms with Gasteiger partial charge in [-0.25, -0.2) is 17.6 Å². The fraction of sp³-hybridized carbons (Fsp3) is 0.167. The molecule has 4 aromatic carbocycles. The van der Waals surface area contributed by atoms with Crippen LogP contribution < -0.4 is 9.47 Å². The van der Waals surface area contributed by atoms with Gasteiger partial charge in [-0.3, -0.25) is 0 Å². The molecule has 8 heteroatoms. The maximum atomic E-state index is 13.6. The summed E-state index contributed by atoms with van der Waals surface area (Å²) in [6, 6.07) is 22.7. The Labute approximate surface area is 221 Å². The van der Waals surface area contributed by atoms with Gasteiger partial charge in [0, 0.05) is 0 Å². The third-order valence-corrected chi connectivity index (χ3v) is 7.86. The van der Waals surface area contributed by atoms with Crippen molar-refractivity contribution >= 4 is 15.8 Å². The second kappa shape index (κ2) is 11.5. The summed E-state index contributed by atoms with van der Waals surface area (Å²) in [6.07, 6.45) is 0.432. The molecule has 0 unspecified atom stereocenters. The summed E-state index contributed by atoms with van der Waals surface area (Å²) in [6.45, 7) is 3.53. The summed E-state index contributed by atoms with van der Waals surface area (Å²) in [4.78, 5) is 10.8. The van der Waals surface area contributed by atoms with Crippen molar-refractivity contribution in [2.45, 2.75) is 36.7 Å². The number of aryl methyl sites for hydroxylation is 2. The summed E-state index contributed by atoms with van der Waals surface area (Å²) in [5.74, 6) is -0.933. The Hall–Kier alpha value is -4.17. The Morgan fingerprint density at radius 1 is 0.842 bits per heavy atom. The van der Waals surface area contributed by atoms with Gasteiger partial charge < -0.3 is 14.6 Å². The zero-order chi connectivity index (χ0) is 27.3. The summed E-state index contributed by atoms with van der Waals surface area (Å²) >= 11 is 0. The largest absolute Gasteiger partial charge is 0.488 e. The van der Waals surface area contributed by atoms with Gasteiger partial charge in [-0.1, -0.05) is 36.4 Å². The fourth-order valence-corrected chi connectivity index (χ4v) is 5.58. The molecule has 4 rings (SSSR count). The molecule has 0 fully saturated rings. The molecule has 0 atom stereocenters. The van der Waals surface area contributed by atoms with E-state index in [0.29, 0.717) is 12.2 Å². The van der Waals surface area contributed by atoms with Crippen molar-refractivity contribution in [3.05, 3.63) is 119 Å². The fourth-order valence-electron chi connectivity index (χ4n) is 4.13. The first-order valence-corrected chi connectivity index (χ1v) is 13.4. The lowest BCUT2D eigenvalue weighted by Crippen LogP contribution is -2.10. The number of rotatable bonds is 10. The third-order valence-electron chi connectivity index (χ3n) is 6.07. The standard InChI is InChI=1S/C30H27FO6S/c1-20-14-25(36-19-30(32)33)15-21(2)27(20)16-23-8-13-28(37-18-22-6-4-3-5-7-22)29(17-23)38(34,35)26-11-9-24(31)10-12-26/h3-15,17H,16,18-19H2,1-2H3,(H,32,33). The molecule has 0 amide bonds. The molecule has 0 saturated carbocycles. The van der Waals surface area contributed by atoms with Gasteiger partial charge in [0.25, 0.3) is 0 Å². The first-order valence-electron chi connectivity index (χ1n) is 11.9. The van der Waals surface area contributed by atoms with Crippen molar-refractivity contribution in [3.63, 3.8) is 0 Å². The molecule has 196 valence electrons. The number of carbonyl (C=O) groups is 1. The number of carboxylic acids is 1. The number of hydrogen-bond donors (Lipinski definition) is 1. The van der Waals surface area contributed by atoms with Crippen molar-refractivity contribution in [1.82, 2.24) is 0 Å². The van der Waals surface area contributed by atoms with Gasteiger partial charge in [-0.05, 0) is 96.6 Å². The molecule has 1 N–H and O–H groups in total. The minimum Gasteiger partial charge on any atom is -0.488 e. The number of ether oxygens (including phenoxy) is 2. The molecule has 0 aliphatic carbocycles. The minimum atomic E-state index is -4.02. The third kappa shape index (κ3) is 6.39. The lowest BCUT2D eigenvalue weighted by atomic mass is 9.95. The second-order valence-corrected chi connectivity index (χ2v) is 10.8. The monoisotopic (exact) mass is 534 g/mol. The van der Waals surface area contributed by atoms with Crippen molar-refractivity contribution in [2.24, 2.45) is 0 Å². The maximum Gasteiger partial charge on any atom is 0.341 e. The predicted octanol–water partition coefficient (Wildman–Crippen LogP) is 5.91. The van der Waals surface area contributed by atoms with E-state index in [1.165, 1.54) is 12.1 Å². The first-order chi connectivity index (χ1) is 18.1. The zero-order valence-corrected chi connectivity index (χ0v) is 21.8. The van der Waals surface area contributed by atoms with Crippen LogP contribution in [0.2, 0.25) is 0 Å². The van der Waals surface area contributed by atoms with Crippen LogP contribution in [0.25, 0.3) is 0 Å². The molecule has 0 heterocycles. The van der Waals surface area contributed by atoms with Crippen LogP contribution in [0.4, 0.5) is 4.39 Å². The quantitative estimate of drug-likeness (QED) is 0.255. The van der Waals surface area contributed by atoms with Crippen LogP contribution >= 0.6 is 0 Å². The molecule has 4 aromatic rings. The average Bonchev–Trinajstić information content (AvgIpc) is 2.89. The summed E-state index contributed by atoms with van der Waals surface area (Å²) in [5, 5.41) is 8.87. The highest BCUT2D eigenvalue weighted by Crippen LogP contribution is 2.33. The van der Waals surface area contributed by atoms with E-state index in [0.717, 1.165) is 39.9 Å². The number of sulfone groups is 1. The molecule has 0 radical (unpaired) electrons. The normalized spacial score (nSPS) is 11.2. The summed E-state index contributed by atoms with van der Waals surface area (Å²) in [7, 11) is -4.02. The van der Waals surface area contributed by atoms with E-state index in [-0.39, 0.29) is 22.1 Å². The van der Waals surface area contributed by atoms with Crippen LogP contribution in [0, 0.1) is 19.7 Å². The molecule has 6 nitrogen and oxygen atoms in total.